The fourth-order valence-electron chi connectivity index (χ4n) is 5.19. The zero-order valence-corrected chi connectivity index (χ0v) is 21.3. The molecule has 0 bridgehead atoms. The molecule has 2 aliphatic heterocycles. The van der Waals surface area contributed by atoms with Crippen molar-refractivity contribution in [1.29, 1.82) is 0 Å². The number of carbonyl (C=O) groups is 1. The van der Waals surface area contributed by atoms with Gasteiger partial charge in [0.15, 0.2) is 10.9 Å². The Kier molecular flexibility index (Phi) is 6.74. The Morgan fingerprint density at radius 1 is 1.17 bits per heavy atom. The largest absolute Gasteiger partial charge is 0.497 e. The summed E-state index contributed by atoms with van der Waals surface area (Å²) in [4.78, 5) is 36.9. The van der Waals surface area contributed by atoms with Crippen molar-refractivity contribution < 1.29 is 14.3 Å². The van der Waals surface area contributed by atoms with Gasteiger partial charge in [-0.25, -0.2) is 4.98 Å². The third-order valence-electron chi connectivity index (χ3n) is 6.90. The summed E-state index contributed by atoms with van der Waals surface area (Å²) in [6.45, 7) is 8.51. The number of aromatic nitrogens is 2. The maximum Gasteiger partial charge on any atom is 0.257 e. The van der Waals surface area contributed by atoms with Gasteiger partial charge in [0.1, 0.15) is 11.6 Å². The molecule has 2 aromatic rings. The molecule has 0 spiro atoms. The van der Waals surface area contributed by atoms with Crippen molar-refractivity contribution in [1.82, 2.24) is 14.9 Å². The van der Waals surface area contributed by atoms with Crippen LogP contribution in [0.4, 0.5) is 5.82 Å². The highest BCUT2D eigenvalue weighted by Crippen LogP contribution is 2.47. The van der Waals surface area contributed by atoms with Gasteiger partial charge >= 0.3 is 0 Å². The van der Waals surface area contributed by atoms with Gasteiger partial charge in [0.05, 0.1) is 25.9 Å². The Bertz CT molecular complexity index is 1200. The number of H-pyrrole nitrogens is 1. The highest BCUT2D eigenvalue weighted by atomic mass is 32.2. The van der Waals surface area contributed by atoms with Crippen molar-refractivity contribution in [2.75, 3.05) is 51.0 Å². The van der Waals surface area contributed by atoms with Crippen molar-refractivity contribution in [3.05, 3.63) is 57.0 Å². The molecule has 9 heteroatoms. The van der Waals surface area contributed by atoms with Crippen LogP contribution in [0.5, 0.6) is 5.75 Å². The van der Waals surface area contributed by atoms with Crippen LogP contribution in [0.3, 0.4) is 0 Å². The first-order valence-electron chi connectivity index (χ1n) is 12.1. The summed E-state index contributed by atoms with van der Waals surface area (Å²) in [5.74, 6) is 1.72. The van der Waals surface area contributed by atoms with Gasteiger partial charge in [-0.1, -0.05) is 37.7 Å². The van der Waals surface area contributed by atoms with Crippen LogP contribution in [0, 0.1) is 5.41 Å². The normalized spacial score (nSPS) is 21.8. The Morgan fingerprint density at radius 3 is 2.63 bits per heavy atom. The molecule has 8 nitrogen and oxygen atoms in total. The molecule has 0 unspecified atom stereocenters. The predicted octanol–water partition coefficient (Wildman–Crippen LogP) is 3.40. The van der Waals surface area contributed by atoms with Crippen LogP contribution >= 0.6 is 11.8 Å². The monoisotopic (exact) mass is 496 g/mol. The molecule has 5 rings (SSSR count). The lowest BCUT2D eigenvalue weighted by molar-refractivity contribution is -0.118. The summed E-state index contributed by atoms with van der Waals surface area (Å²) in [5.41, 5.74) is 2.58. The molecule has 0 saturated carbocycles. The number of hydrogen-bond donors (Lipinski definition) is 2. The Labute approximate surface area is 209 Å². The number of ketones is 1. The molecular weight excluding hydrogens is 464 g/mol. The smallest absolute Gasteiger partial charge is 0.257 e. The van der Waals surface area contributed by atoms with Crippen LogP contribution in [0.15, 0.2) is 45.5 Å². The number of aromatic amines is 1. The summed E-state index contributed by atoms with van der Waals surface area (Å²) in [5, 5.41) is 3.98. The fraction of sp³-hybridized carbons (Fsp3) is 0.500. The van der Waals surface area contributed by atoms with Gasteiger partial charge in [-0.15, -0.1) is 0 Å². The topological polar surface area (TPSA) is 96.5 Å². The highest BCUT2D eigenvalue weighted by molar-refractivity contribution is 7.99. The number of nitrogens with zero attached hydrogens (tertiary/aromatic N) is 2. The van der Waals surface area contributed by atoms with Gasteiger partial charge in [0.2, 0.25) is 0 Å². The number of morpholine rings is 1. The molecule has 3 heterocycles. The second-order valence-corrected chi connectivity index (χ2v) is 11.2. The molecule has 1 saturated heterocycles. The number of fused-ring (bicyclic) bond motifs is 1. The van der Waals surface area contributed by atoms with E-state index in [9.17, 15) is 9.59 Å². The zero-order chi connectivity index (χ0) is 24.6. The van der Waals surface area contributed by atoms with Gasteiger partial charge in [-0.3, -0.25) is 14.5 Å². The number of nitrogens with one attached hydrogen (secondary N) is 2. The first-order valence-corrected chi connectivity index (χ1v) is 13.1. The van der Waals surface area contributed by atoms with E-state index in [1.807, 2.05) is 24.3 Å². The van der Waals surface area contributed by atoms with Crippen molar-refractivity contribution in [3.8, 4) is 5.75 Å². The number of allylic oxidation sites excluding steroid dienone is 2. The molecule has 0 amide bonds. The van der Waals surface area contributed by atoms with Gasteiger partial charge < -0.3 is 19.8 Å². The first kappa shape index (κ1) is 24.1. The van der Waals surface area contributed by atoms with Crippen molar-refractivity contribution in [2.24, 2.45) is 5.41 Å². The number of Topliss-reactive ketones (excluding diaryl/α,β-unsaturated/α-hetero) is 1. The number of carbonyl (C=O) groups excluding carboxylic acids is 1. The average Bonchev–Trinajstić information content (AvgIpc) is 2.83. The Morgan fingerprint density at radius 2 is 1.91 bits per heavy atom. The molecule has 186 valence electrons. The second-order valence-electron chi connectivity index (χ2n) is 10.1. The molecule has 35 heavy (non-hydrogen) atoms. The summed E-state index contributed by atoms with van der Waals surface area (Å²) in [7, 11) is 1.62. The van der Waals surface area contributed by atoms with E-state index < -0.39 is 5.92 Å². The van der Waals surface area contributed by atoms with Crippen molar-refractivity contribution in [2.45, 2.75) is 37.8 Å². The molecule has 1 aliphatic carbocycles. The number of hydrogen-bond acceptors (Lipinski definition) is 8. The van der Waals surface area contributed by atoms with Crippen LogP contribution in [0.25, 0.3) is 0 Å². The Hall–Kier alpha value is -2.62. The van der Waals surface area contributed by atoms with Gasteiger partial charge in [0.25, 0.3) is 5.56 Å². The van der Waals surface area contributed by atoms with Gasteiger partial charge in [0, 0.05) is 49.0 Å². The van der Waals surface area contributed by atoms with E-state index in [4.69, 9.17) is 14.5 Å². The maximum atomic E-state index is 13.4. The van der Waals surface area contributed by atoms with E-state index in [1.54, 1.807) is 18.9 Å². The number of methoxy groups -OCH3 is 1. The van der Waals surface area contributed by atoms with E-state index >= 15 is 0 Å². The zero-order valence-electron chi connectivity index (χ0n) is 20.5. The number of thioether (sulfide) groups is 1. The SMILES string of the molecule is COc1ccc([C@H]2C3=C(CC(C)(C)CC3=O)Nc3nc(SCCN4CCOCC4)[nH]c(=O)c32)cc1. The third-order valence-corrected chi connectivity index (χ3v) is 7.75. The van der Waals surface area contributed by atoms with Crippen LogP contribution < -0.4 is 15.6 Å². The summed E-state index contributed by atoms with van der Waals surface area (Å²) >= 11 is 1.54. The quantitative estimate of drug-likeness (QED) is 0.464. The average molecular weight is 497 g/mol. The highest BCUT2D eigenvalue weighted by Gasteiger charge is 2.42. The van der Waals surface area contributed by atoms with Crippen LogP contribution in [-0.2, 0) is 9.53 Å². The minimum atomic E-state index is -0.459. The van der Waals surface area contributed by atoms with E-state index in [0.29, 0.717) is 28.5 Å². The van der Waals surface area contributed by atoms with E-state index in [0.717, 1.165) is 62.0 Å². The molecule has 1 aromatic carbocycles. The summed E-state index contributed by atoms with van der Waals surface area (Å²) < 4.78 is 10.7. The first-order chi connectivity index (χ1) is 16.8. The molecule has 1 fully saturated rings. The maximum absolute atomic E-state index is 13.4. The Balaban J connectivity index is 1.49. The van der Waals surface area contributed by atoms with E-state index in [2.05, 4.69) is 29.0 Å². The predicted molar refractivity (Wildman–Crippen MR) is 136 cm³/mol. The van der Waals surface area contributed by atoms with E-state index in [-0.39, 0.29) is 16.8 Å². The van der Waals surface area contributed by atoms with Gasteiger partial charge in [-0.2, -0.15) is 0 Å². The second kappa shape index (κ2) is 9.79. The molecule has 1 atom stereocenters. The van der Waals surface area contributed by atoms with Gasteiger partial charge in [-0.05, 0) is 29.5 Å². The molecule has 3 aliphatic rings. The van der Waals surface area contributed by atoms with Crippen LogP contribution in [0.1, 0.15) is 43.7 Å². The lowest BCUT2D eigenvalue weighted by atomic mass is 9.69. The van der Waals surface area contributed by atoms with Crippen molar-refractivity contribution in [3.63, 3.8) is 0 Å². The standard InChI is InChI=1S/C26H32N4O4S/c1-26(2)14-18-21(19(31)15-26)20(16-4-6-17(33-3)7-5-16)22-23(27-18)28-25(29-24(22)32)35-13-10-30-8-11-34-12-9-30/h4-7,20H,8-15H2,1-3H3,(H2,27,28,29,32)/t20-/m0/s1. The number of benzene rings is 1. The minimum Gasteiger partial charge on any atom is -0.497 e. The van der Waals surface area contributed by atoms with Crippen LogP contribution in [0.2, 0.25) is 0 Å². The van der Waals surface area contributed by atoms with E-state index in [1.165, 1.54) is 0 Å². The lowest BCUT2D eigenvalue weighted by Crippen LogP contribution is -2.37. The van der Waals surface area contributed by atoms with Crippen molar-refractivity contribution >= 4 is 23.4 Å². The lowest BCUT2D eigenvalue weighted by Gasteiger charge is -2.38. The number of rotatable bonds is 6. The summed E-state index contributed by atoms with van der Waals surface area (Å²) in [6, 6.07) is 7.60. The molecule has 2 N–H and O–H groups in total. The third kappa shape index (κ3) is 5.03. The van der Waals surface area contributed by atoms with Crippen LogP contribution in [-0.4, -0.2) is 66.4 Å². The minimum absolute atomic E-state index is 0.0820. The molecule has 0 radical (unpaired) electrons. The molecular formula is C26H32N4O4S. The molecule has 1 aromatic heterocycles. The number of ether oxygens (including phenoxy) is 2. The summed E-state index contributed by atoms with van der Waals surface area (Å²) in [6.07, 6.45) is 1.18. The fourth-order valence-corrected chi connectivity index (χ4v) is 6.05. The number of anilines is 1.